The van der Waals surface area contributed by atoms with Crippen molar-refractivity contribution in [1.29, 1.82) is 0 Å². The first-order chi connectivity index (χ1) is 13.3. The average Bonchev–Trinajstić information content (AvgIpc) is 2.74. The van der Waals surface area contributed by atoms with Crippen molar-refractivity contribution in [2.24, 2.45) is 4.99 Å². The van der Waals surface area contributed by atoms with Gasteiger partial charge in [-0.2, -0.15) is 0 Å². The molecule has 3 aromatic rings. The molecule has 0 amide bonds. The molecule has 1 saturated heterocycles. The Kier molecular flexibility index (Phi) is 3.71. The summed E-state index contributed by atoms with van der Waals surface area (Å²) in [5.74, 6) is 1.18. The molecule has 2 heterocycles. The first-order valence-corrected chi connectivity index (χ1v) is 9.49. The zero-order valence-electron chi connectivity index (χ0n) is 15.4. The largest absolute Gasteiger partial charge is 0.347 e. The van der Waals surface area contributed by atoms with Crippen molar-refractivity contribution in [3.05, 3.63) is 108 Å². The summed E-state index contributed by atoms with van der Waals surface area (Å²) in [7, 11) is 0. The van der Waals surface area contributed by atoms with E-state index in [2.05, 4.69) is 109 Å². The minimum absolute atomic E-state index is 0.111. The van der Waals surface area contributed by atoms with Crippen LogP contribution in [-0.4, -0.2) is 16.8 Å². The van der Waals surface area contributed by atoms with Crippen molar-refractivity contribution in [3.63, 3.8) is 0 Å². The van der Waals surface area contributed by atoms with E-state index in [1.54, 1.807) is 0 Å². The fourth-order valence-electron chi connectivity index (χ4n) is 4.36. The van der Waals surface area contributed by atoms with Crippen molar-refractivity contribution >= 4 is 17.6 Å². The lowest BCUT2D eigenvalue weighted by Crippen LogP contribution is -2.69. The maximum Gasteiger partial charge on any atom is 0.118 e. The predicted molar refractivity (Wildman–Crippen MR) is 112 cm³/mol. The number of aliphatic imine (C=N–C) groups is 1. The molecule has 0 aliphatic carbocycles. The summed E-state index contributed by atoms with van der Waals surface area (Å²) in [4.78, 5) is 7.50. The normalized spacial score (nSPS) is 23.4. The van der Waals surface area contributed by atoms with E-state index < -0.39 is 0 Å². The van der Waals surface area contributed by atoms with Crippen LogP contribution in [0.4, 0.5) is 5.69 Å². The molecule has 0 bridgehead atoms. The number of hydrogen-bond acceptors (Lipinski definition) is 2. The molecular weight excluding hydrogens is 328 g/mol. The van der Waals surface area contributed by atoms with Crippen LogP contribution in [-0.2, 0) is 12.0 Å². The van der Waals surface area contributed by atoms with Crippen molar-refractivity contribution in [2.75, 3.05) is 0 Å². The van der Waals surface area contributed by atoms with Crippen molar-refractivity contribution in [1.82, 2.24) is 4.90 Å². The van der Waals surface area contributed by atoms with Crippen LogP contribution < -0.4 is 0 Å². The van der Waals surface area contributed by atoms with Crippen LogP contribution in [0, 0.1) is 0 Å². The Balaban J connectivity index is 1.59. The summed E-state index contributed by atoms with van der Waals surface area (Å²) in [6.07, 6.45) is 4.58. The highest BCUT2D eigenvalue weighted by molar-refractivity contribution is 6.03. The highest BCUT2D eigenvalue weighted by Gasteiger charge is 2.55. The maximum atomic E-state index is 5.06. The van der Waals surface area contributed by atoms with E-state index in [1.165, 1.54) is 22.5 Å². The standard InChI is InChI=1S/C25H22N2/c1-25(21-13-6-3-7-14-21)23(17-16-19-10-4-2-5-11-19)27-18-20-12-8-9-15-22(20)26-24(25)27/h2-17,23H,18H2,1H3/b17-16+/t23-,25+/m0/s1. The molecule has 0 spiro atoms. The Morgan fingerprint density at radius 2 is 1.56 bits per heavy atom. The van der Waals surface area contributed by atoms with Gasteiger partial charge in [0, 0.05) is 6.54 Å². The highest BCUT2D eigenvalue weighted by atomic mass is 15.3. The Labute approximate surface area is 160 Å². The molecule has 2 aliphatic heterocycles. The van der Waals surface area contributed by atoms with E-state index in [0.717, 1.165) is 12.2 Å². The summed E-state index contributed by atoms with van der Waals surface area (Å²) in [6.45, 7) is 3.24. The molecule has 5 rings (SSSR count). The van der Waals surface area contributed by atoms with Crippen LogP contribution in [0.15, 0.2) is 96.0 Å². The van der Waals surface area contributed by atoms with Crippen molar-refractivity contribution in [2.45, 2.75) is 24.9 Å². The SMILES string of the molecule is C[C@]1(c2ccccc2)C2=Nc3ccccc3CN2[C@H]1/C=C/c1ccccc1. The first kappa shape index (κ1) is 16.1. The second kappa shape index (κ2) is 6.24. The van der Waals surface area contributed by atoms with Gasteiger partial charge < -0.3 is 4.90 Å². The van der Waals surface area contributed by atoms with Crippen molar-refractivity contribution < 1.29 is 0 Å². The third-order valence-electron chi connectivity index (χ3n) is 5.87. The summed E-state index contributed by atoms with van der Waals surface area (Å²) in [5, 5.41) is 0. The minimum atomic E-state index is -0.111. The van der Waals surface area contributed by atoms with Crippen LogP contribution in [0.5, 0.6) is 0 Å². The van der Waals surface area contributed by atoms with Gasteiger partial charge in [0.25, 0.3) is 0 Å². The summed E-state index contributed by atoms with van der Waals surface area (Å²) in [5.41, 5.74) is 4.85. The zero-order valence-corrected chi connectivity index (χ0v) is 15.4. The Hall–Kier alpha value is -3.13. The fraction of sp³-hybridized carbons (Fsp3) is 0.160. The maximum absolute atomic E-state index is 5.06. The number of benzene rings is 3. The van der Waals surface area contributed by atoms with Crippen LogP contribution in [0.2, 0.25) is 0 Å². The number of para-hydroxylation sites is 1. The molecule has 0 aromatic heterocycles. The van der Waals surface area contributed by atoms with Crippen LogP contribution in [0.1, 0.15) is 23.6 Å². The fourth-order valence-corrected chi connectivity index (χ4v) is 4.36. The number of hydrogen-bond donors (Lipinski definition) is 0. The monoisotopic (exact) mass is 350 g/mol. The van der Waals surface area contributed by atoms with Gasteiger partial charge in [-0.05, 0) is 29.7 Å². The molecular formula is C25H22N2. The van der Waals surface area contributed by atoms with Crippen molar-refractivity contribution in [3.8, 4) is 0 Å². The molecule has 2 aliphatic rings. The topological polar surface area (TPSA) is 15.6 Å². The van der Waals surface area contributed by atoms with Gasteiger partial charge in [0.1, 0.15) is 5.84 Å². The Morgan fingerprint density at radius 1 is 0.889 bits per heavy atom. The third-order valence-corrected chi connectivity index (χ3v) is 5.87. The molecule has 0 radical (unpaired) electrons. The quantitative estimate of drug-likeness (QED) is 0.601. The molecule has 2 heteroatoms. The lowest BCUT2D eigenvalue weighted by atomic mass is 9.66. The van der Waals surface area contributed by atoms with E-state index in [0.29, 0.717) is 0 Å². The van der Waals surface area contributed by atoms with Gasteiger partial charge in [-0.15, -0.1) is 0 Å². The molecule has 0 unspecified atom stereocenters. The van der Waals surface area contributed by atoms with E-state index in [9.17, 15) is 0 Å². The highest BCUT2D eigenvalue weighted by Crippen LogP contribution is 2.48. The van der Waals surface area contributed by atoms with E-state index in [-0.39, 0.29) is 11.5 Å². The zero-order chi connectivity index (χ0) is 18.3. The second-order valence-electron chi connectivity index (χ2n) is 7.48. The van der Waals surface area contributed by atoms with Crippen LogP contribution >= 0.6 is 0 Å². The lowest BCUT2D eigenvalue weighted by Gasteiger charge is -2.58. The number of fused-ring (bicyclic) bond motifs is 2. The minimum Gasteiger partial charge on any atom is -0.347 e. The number of nitrogens with zero attached hydrogens (tertiary/aromatic N) is 2. The van der Waals surface area contributed by atoms with E-state index >= 15 is 0 Å². The van der Waals surface area contributed by atoms with E-state index in [4.69, 9.17) is 4.99 Å². The first-order valence-electron chi connectivity index (χ1n) is 9.49. The lowest BCUT2D eigenvalue weighted by molar-refractivity contribution is 0.184. The Bertz CT molecular complexity index is 1020. The molecule has 3 aromatic carbocycles. The van der Waals surface area contributed by atoms with Gasteiger partial charge >= 0.3 is 0 Å². The molecule has 2 nitrogen and oxygen atoms in total. The van der Waals surface area contributed by atoms with E-state index in [1.807, 2.05) is 0 Å². The molecule has 27 heavy (non-hydrogen) atoms. The van der Waals surface area contributed by atoms with Crippen LogP contribution in [0.25, 0.3) is 6.08 Å². The molecule has 0 saturated carbocycles. The summed E-state index contributed by atoms with van der Waals surface area (Å²) >= 11 is 0. The molecule has 2 atom stereocenters. The van der Waals surface area contributed by atoms with Gasteiger partial charge in [0.15, 0.2) is 0 Å². The number of rotatable bonds is 3. The summed E-state index contributed by atoms with van der Waals surface area (Å²) in [6, 6.07) is 30.1. The van der Waals surface area contributed by atoms with Gasteiger partial charge in [-0.1, -0.05) is 91.0 Å². The molecule has 0 N–H and O–H groups in total. The Morgan fingerprint density at radius 3 is 2.33 bits per heavy atom. The predicted octanol–water partition coefficient (Wildman–Crippen LogP) is 5.59. The number of amidine groups is 1. The van der Waals surface area contributed by atoms with Gasteiger partial charge in [0.05, 0.1) is 17.1 Å². The average molecular weight is 350 g/mol. The third kappa shape index (κ3) is 2.52. The van der Waals surface area contributed by atoms with Gasteiger partial charge in [-0.3, -0.25) is 0 Å². The molecule has 132 valence electrons. The van der Waals surface area contributed by atoms with Gasteiger partial charge in [0.2, 0.25) is 0 Å². The smallest absolute Gasteiger partial charge is 0.118 e. The molecule has 1 fully saturated rings. The van der Waals surface area contributed by atoms with Crippen LogP contribution in [0.3, 0.4) is 0 Å². The second-order valence-corrected chi connectivity index (χ2v) is 7.48. The summed E-state index contributed by atoms with van der Waals surface area (Å²) < 4.78 is 0. The van der Waals surface area contributed by atoms with Gasteiger partial charge in [-0.25, -0.2) is 4.99 Å².